The standard InChI is InChI=1S/C18H18N4O3S/c1-22(2)18(24)12-5-3-6-13(11-12)19-15(23)8-9-16-20-17(21-25-16)14-7-4-10-26-14/h3-7,10-11H,8-9H2,1-2H3,(H,19,23). The lowest BCUT2D eigenvalue weighted by atomic mass is 10.1. The second kappa shape index (κ2) is 7.92. The lowest BCUT2D eigenvalue weighted by Crippen LogP contribution is -2.22. The zero-order chi connectivity index (χ0) is 18.5. The Morgan fingerprint density at radius 2 is 2.08 bits per heavy atom. The number of nitrogens with one attached hydrogen (secondary N) is 1. The third kappa shape index (κ3) is 4.34. The molecule has 0 aliphatic carbocycles. The molecular formula is C18H18N4O3S. The molecule has 0 fully saturated rings. The van der Waals surface area contributed by atoms with E-state index in [-0.39, 0.29) is 18.2 Å². The summed E-state index contributed by atoms with van der Waals surface area (Å²) >= 11 is 1.53. The Balaban J connectivity index is 1.56. The van der Waals surface area contributed by atoms with Gasteiger partial charge in [-0.05, 0) is 29.6 Å². The van der Waals surface area contributed by atoms with Crippen LogP contribution >= 0.6 is 11.3 Å². The fourth-order valence-corrected chi connectivity index (χ4v) is 2.94. The van der Waals surface area contributed by atoms with Gasteiger partial charge in [-0.3, -0.25) is 9.59 Å². The van der Waals surface area contributed by atoms with E-state index < -0.39 is 0 Å². The molecule has 0 unspecified atom stereocenters. The number of benzene rings is 1. The van der Waals surface area contributed by atoms with E-state index in [0.717, 1.165) is 4.88 Å². The molecule has 26 heavy (non-hydrogen) atoms. The van der Waals surface area contributed by atoms with Gasteiger partial charge in [-0.25, -0.2) is 0 Å². The SMILES string of the molecule is CN(C)C(=O)c1cccc(NC(=O)CCc2nc(-c3cccs3)no2)c1. The number of rotatable bonds is 6. The monoisotopic (exact) mass is 370 g/mol. The van der Waals surface area contributed by atoms with Crippen molar-refractivity contribution in [2.45, 2.75) is 12.8 Å². The van der Waals surface area contributed by atoms with Gasteiger partial charge in [-0.2, -0.15) is 4.98 Å². The van der Waals surface area contributed by atoms with Crippen LogP contribution in [0.15, 0.2) is 46.3 Å². The van der Waals surface area contributed by atoms with E-state index in [2.05, 4.69) is 15.5 Å². The van der Waals surface area contributed by atoms with Crippen LogP contribution < -0.4 is 5.32 Å². The summed E-state index contributed by atoms with van der Waals surface area (Å²) in [5.74, 6) is 0.647. The summed E-state index contributed by atoms with van der Waals surface area (Å²) in [5, 5.41) is 8.64. The predicted octanol–water partition coefficient (Wildman–Crippen LogP) is 3.07. The molecule has 0 atom stereocenters. The highest BCUT2D eigenvalue weighted by atomic mass is 32.1. The first kappa shape index (κ1) is 17.8. The number of thiophene rings is 1. The lowest BCUT2D eigenvalue weighted by Gasteiger charge is -2.11. The first-order chi connectivity index (χ1) is 12.5. The number of carbonyl (C=O) groups is 2. The molecule has 0 aliphatic rings. The van der Waals surface area contributed by atoms with Gasteiger partial charge in [0.1, 0.15) is 0 Å². The van der Waals surface area contributed by atoms with Crippen molar-refractivity contribution in [3.05, 3.63) is 53.2 Å². The van der Waals surface area contributed by atoms with Crippen LogP contribution in [0.1, 0.15) is 22.7 Å². The lowest BCUT2D eigenvalue weighted by molar-refractivity contribution is -0.116. The van der Waals surface area contributed by atoms with Crippen LogP contribution in [0.4, 0.5) is 5.69 Å². The summed E-state index contributed by atoms with van der Waals surface area (Å²) in [6.45, 7) is 0. The Morgan fingerprint density at radius 1 is 1.23 bits per heavy atom. The molecule has 0 radical (unpaired) electrons. The number of amides is 2. The number of aryl methyl sites for hydroxylation is 1. The molecule has 0 spiro atoms. The number of nitrogens with zero attached hydrogens (tertiary/aromatic N) is 3. The first-order valence-electron chi connectivity index (χ1n) is 8.01. The van der Waals surface area contributed by atoms with Crippen molar-refractivity contribution in [2.24, 2.45) is 0 Å². The maximum absolute atomic E-state index is 12.1. The molecule has 3 aromatic rings. The highest BCUT2D eigenvalue weighted by Gasteiger charge is 2.12. The molecule has 0 saturated heterocycles. The number of anilines is 1. The van der Waals surface area contributed by atoms with Crippen LogP contribution in [0.5, 0.6) is 0 Å². The van der Waals surface area contributed by atoms with Gasteiger partial charge in [0.25, 0.3) is 5.91 Å². The fourth-order valence-electron chi connectivity index (χ4n) is 2.29. The van der Waals surface area contributed by atoms with Crippen molar-refractivity contribution in [3.8, 4) is 10.7 Å². The number of hydrogen-bond donors (Lipinski definition) is 1. The van der Waals surface area contributed by atoms with Gasteiger partial charge in [0.05, 0.1) is 4.88 Å². The summed E-state index contributed by atoms with van der Waals surface area (Å²) in [7, 11) is 3.37. The maximum atomic E-state index is 12.1. The van der Waals surface area contributed by atoms with Gasteiger partial charge >= 0.3 is 0 Å². The highest BCUT2D eigenvalue weighted by Crippen LogP contribution is 2.21. The van der Waals surface area contributed by atoms with E-state index >= 15 is 0 Å². The van der Waals surface area contributed by atoms with Crippen molar-refractivity contribution in [1.82, 2.24) is 15.0 Å². The van der Waals surface area contributed by atoms with Crippen LogP contribution in [0.2, 0.25) is 0 Å². The normalized spacial score (nSPS) is 10.5. The summed E-state index contributed by atoms with van der Waals surface area (Å²) in [5.41, 5.74) is 1.10. The zero-order valence-electron chi connectivity index (χ0n) is 14.4. The van der Waals surface area contributed by atoms with Crippen molar-refractivity contribution in [2.75, 3.05) is 19.4 Å². The van der Waals surface area contributed by atoms with Gasteiger partial charge < -0.3 is 14.7 Å². The Morgan fingerprint density at radius 3 is 2.81 bits per heavy atom. The summed E-state index contributed by atoms with van der Waals surface area (Å²) in [6, 6.07) is 10.7. The average Bonchev–Trinajstić information content (AvgIpc) is 3.30. The molecule has 8 heteroatoms. The molecule has 134 valence electrons. The molecule has 2 heterocycles. The van der Waals surface area contributed by atoms with Crippen LogP contribution in [0.3, 0.4) is 0 Å². The zero-order valence-corrected chi connectivity index (χ0v) is 15.2. The minimum Gasteiger partial charge on any atom is -0.345 e. The smallest absolute Gasteiger partial charge is 0.253 e. The van der Waals surface area contributed by atoms with E-state index in [4.69, 9.17) is 4.52 Å². The predicted molar refractivity (Wildman–Crippen MR) is 99.0 cm³/mol. The summed E-state index contributed by atoms with van der Waals surface area (Å²) in [6.07, 6.45) is 0.554. The maximum Gasteiger partial charge on any atom is 0.253 e. The van der Waals surface area contributed by atoms with Gasteiger partial charge in [0.2, 0.25) is 17.6 Å². The van der Waals surface area contributed by atoms with E-state index in [0.29, 0.717) is 29.4 Å². The minimum absolute atomic E-state index is 0.118. The average molecular weight is 370 g/mol. The molecule has 0 aliphatic heterocycles. The van der Waals surface area contributed by atoms with Gasteiger partial charge in [-0.1, -0.05) is 17.3 Å². The van der Waals surface area contributed by atoms with Crippen LogP contribution in [-0.4, -0.2) is 41.0 Å². The second-order valence-corrected chi connectivity index (χ2v) is 6.77. The second-order valence-electron chi connectivity index (χ2n) is 5.82. The van der Waals surface area contributed by atoms with Crippen LogP contribution in [-0.2, 0) is 11.2 Å². The molecule has 7 nitrogen and oxygen atoms in total. The van der Waals surface area contributed by atoms with Crippen molar-refractivity contribution >= 4 is 28.8 Å². The number of aromatic nitrogens is 2. The van der Waals surface area contributed by atoms with Crippen LogP contribution in [0, 0.1) is 0 Å². The summed E-state index contributed by atoms with van der Waals surface area (Å²) < 4.78 is 5.18. The molecular weight excluding hydrogens is 352 g/mol. The Bertz CT molecular complexity index is 903. The minimum atomic E-state index is -0.185. The molecule has 0 saturated carbocycles. The third-order valence-electron chi connectivity index (χ3n) is 3.58. The molecule has 3 rings (SSSR count). The fraction of sp³-hybridized carbons (Fsp3) is 0.222. The van der Waals surface area contributed by atoms with E-state index in [9.17, 15) is 9.59 Å². The largest absolute Gasteiger partial charge is 0.345 e. The van der Waals surface area contributed by atoms with Gasteiger partial charge in [0.15, 0.2) is 0 Å². The van der Waals surface area contributed by atoms with Crippen molar-refractivity contribution < 1.29 is 14.1 Å². The Kier molecular flexibility index (Phi) is 5.43. The molecule has 1 aromatic carbocycles. The number of hydrogen-bond acceptors (Lipinski definition) is 6. The number of carbonyl (C=O) groups excluding carboxylic acids is 2. The Hall–Kier alpha value is -3.00. The highest BCUT2D eigenvalue weighted by molar-refractivity contribution is 7.13. The molecule has 2 aromatic heterocycles. The molecule has 2 amide bonds. The van der Waals surface area contributed by atoms with E-state index in [1.165, 1.54) is 16.2 Å². The van der Waals surface area contributed by atoms with E-state index in [1.54, 1.807) is 38.4 Å². The first-order valence-corrected chi connectivity index (χ1v) is 8.89. The van der Waals surface area contributed by atoms with Crippen LogP contribution in [0.25, 0.3) is 10.7 Å². The van der Waals surface area contributed by atoms with Gasteiger partial charge in [-0.15, -0.1) is 11.3 Å². The van der Waals surface area contributed by atoms with Crippen molar-refractivity contribution in [1.29, 1.82) is 0 Å². The third-order valence-corrected chi connectivity index (χ3v) is 4.44. The van der Waals surface area contributed by atoms with Crippen molar-refractivity contribution in [3.63, 3.8) is 0 Å². The quantitative estimate of drug-likeness (QED) is 0.720. The summed E-state index contributed by atoms with van der Waals surface area (Å²) in [4.78, 5) is 30.8. The molecule has 0 bridgehead atoms. The van der Waals surface area contributed by atoms with Gasteiger partial charge in [0, 0.05) is 38.2 Å². The molecule has 1 N–H and O–H groups in total. The Labute approximate surface area is 154 Å². The topological polar surface area (TPSA) is 88.3 Å². The van der Waals surface area contributed by atoms with E-state index in [1.807, 2.05) is 17.5 Å².